The summed E-state index contributed by atoms with van der Waals surface area (Å²) >= 11 is 0. The molecule has 0 saturated carbocycles. The van der Waals surface area contributed by atoms with E-state index in [-0.39, 0.29) is 19.6 Å². The van der Waals surface area contributed by atoms with Gasteiger partial charge in [0.15, 0.2) is 6.29 Å². The van der Waals surface area contributed by atoms with Crippen LogP contribution in [0.4, 0.5) is 0 Å². The van der Waals surface area contributed by atoms with Crippen molar-refractivity contribution in [3.8, 4) is 0 Å². The summed E-state index contributed by atoms with van der Waals surface area (Å²) in [6.45, 7) is 1.70. The first-order chi connectivity index (χ1) is 9.01. The Hall–Kier alpha value is -0.280. The first-order valence-corrected chi connectivity index (χ1v) is 6.58. The quantitative estimate of drug-likeness (QED) is 0.491. The van der Waals surface area contributed by atoms with Crippen molar-refractivity contribution in [1.82, 2.24) is 0 Å². The second kappa shape index (κ2) is 6.45. The standard InChI is InChI=1S/C12H22O7/c1-6-8(14)3-10(16)12(18-6)19-7-2-9(15)11(4-13)17-5-7/h6-16H,2-5H2,1H3/t6-,7+,8+,9-,10+,11+,12?/m0/s1. The summed E-state index contributed by atoms with van der Waals surface area (Å²) in [6, 6.07) is 0. The first kappa shape index (κ1) is 15.1. The molecule has 2 rings (SSSR count). The third kappa shape index (κ3) is 3.63. The van der Waals surface area contributed by atoms with Crippen LogP contribution in [0.5, 0.6) is 0 Å². The third-order valence-corrected chi connectivity index (χ3v) is 3.62. The van der Waals surface area contributed by atoms with Crippen molar-refractivity contribution in [2.45, 2.75) is 62.7 Å². The monoisotopic (exact) mass is 278 g/mol. The van der Waals surface area contributed by atoms with Gasteiger partial charge in [-0.15, -0.1) is 0 Å². The van der Waals surface area contributed by atoms with Gasteiger partial charge < -0.3 is 34.6 Å². The number of aliphatic hydroxyl groups excluding tert-OH is 4. The number of aliphatic hydroxyl groups is 4. The van der Waals surface area contributed by atoms with Crippen LogP contribution >= 0.6 is 0 Å². The fourth-order valence-corrected chi connectivity index (χ4v) is 2.36. The molecule has 112 valence electrons. The second-order valence-electron chi connectivity index (χ2n) is 5.20. The molecule has 7 heteroatoms. The lowest BCUT2D eigenvalue weighted by atomic mass is 10.0. The van der Waals surface area contributed by atoms with Crippen LogP contribution in [-0.4, -0.2) is 76.6 Å². The topological polar surface area (TPSA) is 109 Å². The van der Waals surface area contributed by atoms with Gasteiger partial charge in [0.05, 0.1) is 37.6 Å². The summed E-state index contributed by atoms with van der Waals surface area (Å²) in [4.78, 5) is 0. The Labute approximate surface area is 111 Å². The molecule has 0 aromatic carbocycles. The van der Waals surface area contributed by atoms with Crippen LogP contribution in [0.3, 0.4) is 0 Å². The summed E-state index contributed by atoms with van der Waals surface area (Å²) in [7, 11) is 0. The van der Waals surface area contributed by atoms with Crippen molar-refractivity contribution >= 4 is 0 Å². The SMILES string of the molecule is C[C@@H]1OC(O[C@H]2CO[C@H](CO)[C@@H](O)C2)[C@H](O)C[C@H]1O. The fraction of sp³-hybridized carbons (Fsp3) is 1.00. The minimum Gasteiger partial charge on any atom is -0.394 e. The first-order valence-electron chi connectivity index (χ1n) is 6.58. The zero-order chi connectivity index (χ0) is 14.0. The average molecular weight is 278 g/mol. The molecule has 19 heavy (non-hydrogen) atoms. The largest absolute Gasteiger partial charge is 0.394 e. The van der Waals surface area contributed by atoms with Gasteiger partial charge in [0.25, 0.3) is 0 Å². The summed E-state index contributed by atoms with van der Waals surface area (Å²) < 4.78 is 16.2. The molecule has 0 bridgehead atoms. The van der Waals surface area contributed by atoms with E-state index in [0.717, 1.165) is 0 Å². The predicted octanol–water partition coefficient (Wildman–Crippen LogP) is -1.63. The Morgan fingerprint density at radius 2 is 1.84 bits per heavy atom. The normalized spacial score (nSPS) is 48.2. The van der Waals surface area contributed by atoms with Gasteiger partial charge in [-0.1, -0.05) is 0 Å². The van der Waals surface area contributed by atoms with Crippen molar-refractivity contribution in [3.63, 3.8) is 0 Å². The Morgan fingerprint density at radius 3 is 2.47 bits per heavy atom. The van der Waals surface area contributed by atoms with E-state index < -0.39 is 42.9 Å². The Bertz CT molecular complexity index is 287. The lowest BCUT2D eigenvalue weighted by Gasteiger charge is -2.39. The van der Waals surface area contributed by atoms with Gasteiger partial charge in [-0.25, -0.2) is 0 Å². The number of rotatable bonds is 3. The van der Waals surface area contributed by atoms with Crippen molar-refractivity contribution in [3.05, 3.63) is 0 Å². The highest BCUT2D eigenvalue weighted by Gasteiger charge is 2.38. The molecule has 2 heterocycles. The van der Waals surface area contributed by atoms with Gasteiger partial charge >= 0.3 is 0 Å². The van der Waals surface area contributed by atoms with E-state index in [4.69, 9.17) is 19.3 Å². The van der Waals surface area contributed by atoms with E-state index in [2.05, 4.69) is 0 Å². The predicted molar refractivity (Wildman–Crippen MR) is 63.3 cm³/mol. The molecule has 2 aliphatic rings. The minimum atomic E-state index is -0.904. The van der Waals surface area contributed by atoms with Crippen molar-refractivity contribution in [2.75, 3.05) is 13.2 Å². The fourth-order valence-electron chi connectivity index (χ4n) is 2.36. The number of hydrogen-bond acceptors (Lipinski definition) is 7. The van der Waals surface area contributed by atoms with Gasteiger partial charge in [0, 0.05) is 12.8 Å². The van der Waals surface area contributed by atoms with Crippen molar-refractivity contribution in [1.29, 1.82) is 0 Å². The molecule has 0 aromatic heterocycles. The zero-order valence-electron chi connectivity index (χ0n) is 10.9. The molecule has 7 atom stereocenters. The van der Waals surface area contributed by atoms with Crippen LogP contribution < -0.4 is 0 Å². The van der Waals surface area contributed by atoms with Gasteiger partial charge in [-0.3, -0.25) is 0 Å². The van der Waals surface area contributed by atoms with E-state index in [9.17, 15) is 15.3 Å². The average Bonchev–Trinajstić information content (AvgIpc) is 2.36. The maximum absolute atomic E-state index is 9.80. The number of ether oxygens (including phenoxy) is 3. The van der Waals surface area contributed by atoms with Crippen LogP contribution in [0.2, 0.25) is 0 Å². The smallest absolute Gasteiger partial charge is 0.184 e. The maximum atomic E-state index is 9.80. The highest BCUT2D eigenvalue weighted by Crippen LogP contribution is 2.25. The Morgan fingerprint density at radius 1 is 1.11 bits per heavy atom. The van der Waals surface area contributed by atoms with E-state index >= 15 is 0 Å². The van der Waals surface area contributed by atoms with Crippen LogP contribution in [0.25, 0.3) is 0 Å². The van der Waals surface area contributed by atoms with E-state index in [1.807, 2.05) is 0 Å². The molecule has 2 fully saturated rings. The summed E-state index contributed by atoms with van der Waals surface area (Å²) in [5, 5.41) is 38.0. The Kier molecular flexibility index (Phi) is 5.13. The molecule has 0 aromatic rings. The molecule has 0 radical (unpaired) electrons. The lowest BCUT2D eigenvalue weighted by Crippen LogP contribution is -2.51. The molecule has 2 aliphatic heterocycles. The third-order valence-electron chi connectivity index (χ3n) is 3.62. The molecule has 0 amide bonds. The van der Waals surface area contributed by atoms with E-state index in [0.29, 0.717) is 6.42 Å². The molecule has 7 nitrogen and oxygen atoms in total. The molecule has 1 unspecified atom stereocenters. The van der Waals surface area contributed by atoms with Crippen LogP contribution in [0, 0.1) is 0 Å². The molecule has 0 aliphatic carbocycles. The van der Waals surface area contributed by atoms with Crippen LogP contribution in [0.1, 0.15) is 19.8 Å². The van der Waals surface area contributed by atoms with Crippen LogP contribution in [-0.2, 0) is 14.2 Å². The highest BCUT2D eigenvalue weighted by atomic mass is 16.7. The van der Waals surface area contributed by atoms with Crippen LogP contribution in [0.15, 0.2) is 0 Å². The lowest BCUT2D eigenvalue weighted by molar-refractivity contribution is -0.290. The Balaban J connectivity index is 1.84. The van der Waals surface area contributed by atoms with Gasteiger partial charge in [0.1, 0.15) is 12.2 Å². The molecule has 2 saturated heterocycles. The molecule has 4 N–H and O–H groups in total. The summed E-state index contributed by atoms with van der Waals surface area (Å²) in [5.41, 5.74) is 0. The molecule has 0 spiro atoms. The molecular weight excluding hydrogens is 256 g/mol. The van der Waals surface area contributed by atoms with Gasteiger partial charge in [-0.2, -0.15) is 0 Å². The van der Waals surface area contributed by atoms with E-state index in [1.165, 1.54) is 0 Å². The van der Waals surface area contributed by atoms with E-state index in [1.54, 1.807) is 6.92 Å². The zero-order valence-corrected chi connectivity index (χ0v) is 10.9. The molecular formula is C12H22O7. The number of hydrogen-bond donors (Lipinski definition) is 4. The minimum absolute atomic E-state index is 0.196. The summed E-state index contributed by atoms with van der Waals surface area (Å²) in [5.74, 6) is 0. The highest BCUT2D eigenvalue weighted by molar-refractivity contribution is 4.82. The van der Waals surface area contributed by atoms with Gasteiger partial charge in [-0.05, 0) is 6.92 Å². The van der Waals surface area contributed by atoms with Crippen molar-refractivity contribution < 1.29 is 34.6 Å². The maximum Gasteiger partial charge on any atom is 0.184 e. The second-order valence-corrected chi connectivity index (χ2v) is 5.20. The summed E-state index contributed by atoms with van der Waals surface area (Å²) in [6.07, 6.45) is -4.13. The van der Waals surface area contributed by atoms with Gasteiger partial charge in [0.2, 0.25) is 0 Å². The van der Waals surface area contributed by atoms with Crippen molar-refractivity contribution in [2.24, 2.45) is 0 Å².